The Balaban J connectivity index is 2.14. The third-order valence-electron chi connectivity index (χ3n) is 2.99. The van der Waals surface area contributed by atoms with Gasteiger partial charge in [-0.3, -0.25) is 0 Å². The fourth-order valence-electron chi connectivity index (χ4n) is 2.04. The minimum absolute atomic E-state index is 0.0535. The third-order valence-corrected chi connectivity index (χ3v) is 5.05. The highest BCUT2D eigenvalue weighted by Crippen LogP contribution is 2.22. The average molecular weight is 290 g/mol. The molecule has 0 saturated carbocycles. The van der Waals surface area contributed by atoms with E-state index >= 15 is 0 Å². The molecule has 1 aliphatic heterocycles. The van der Waals surface area contributed by atoms with Crippen LogP contribution in [0.3, 0.4) is 0 Å². The summed E-state index contributed by atoms with van der Waals surface area (Å²) in [5, 5.41) is 0.226. The molecular weight excluding hydrogens is 274 g/mol. The summed E-state index contributed by atoms with van der Waals surface area (Å²) in [6.45, 7) is 2.51. The van der Waals surface area contributed by atoms with E-state index < -0.39 is 10.0 Å². The molecule has 1 aliphatic rings. The second-order valence-corrected chi connectivity index (χ2v) is 6.48. The molecule has 0 spiro atoms. The van der Waals surface area contributed by atoms with E-state index in [1.165, 1.54) is 6.07 Å². The van der Waals surface area contributed by atoms with Crippen LogP contribution in [0.1, 0.15) is 19.8 Å². The van der Waals surface area contributed by atoms with E-state index in [1.54, 1.807) is 18.2 Å². The monoisotopic (exact) mass is 289 g/mol. The van der Waals surface area contributed by atoms with Crippen molar-refractivity contribution in [2.75, 3.05) is 6.61 Å². The maximum atomic E-state index is 12.2. The maximum Gasteiger partial charge on any atom is 0.242 e. The van der Waals surface area contributed by atoms with Crippen LogP contribution in [0.5, 0.6) is 0 Å². The zero-order chi connectivity index (χ0) is 13.2. The summed E-state index contributed by atoms with van der Waals surface area (Å²) in [4.78, 5) is 0.108. The second-order valence-electron chi connectivity index (χ2n) is 4.39. The number of hydrogen-bond acceptors (Lipinski definition) is 3. The Kier molecular flexibility index (Phi) is 4.27. The van der Waals surface area contributed by atoms with Crippen molar-refractivity contribution in [3.8, 4) is 0 Å². The van der Waals surface area contributed by atoms with Crippen molar-refractivity contribution < 1.29 is 13.2 Å². The van der Waals surface area contributed by atoms with Gasteiger partial charge in [-0.15, -0.1) is 0 Å². The Bertz CT molecular complexity index is 512. The lowest BCUT2D eigenvalue weighted by Gasteiger charge is -2.20. The van der Waals surface area contributed by atoms with Crippen molar-refractivity contribution >= 4 is 21.6 Å². The summed E-state index contributed by atoms with van der Waals surface area (Å²) in [6.07, 6.45) is 1.80. The van der Waals surface area contributed by atoms with Gasteiger partial charge in [-0.25, -0.2) is 13.1 Å². The van der Waals surface area contributed by atoms with Gasteiger partial charge in [0.2, 0.25) is 10.0 Å². The molecule has 0 aromatic heterocycles. The first kappa shape index (κ1) is 13.8. The lowest BCUT2D eigenvalue weighted by atomic mass is 10.1. The highest BCUT2D eigenvalue weighted by molar-refractivity contribution is 7.89. The molecular formula is C12H16ClNO3S. The first-order valence-electron chi connectivity index (χ1n) is 5.89. The van der Waals surface area contributed by atoms with Crippen LogP contribution in [0.25, 0.3) is 0 Å². The van der Waals surface area contributed by atoms with E-state index in [0.29, 0.717) is 6.61 Å². The van der Waals surface area contributed by atoms with Crippen molar-refractivity contribution in [2.45, 2.75) is 36.8 Å². The molecule has 1 heterocycles. The molecule has 0 amide bonds. The van der Waals surface area contributed by atoms with E-state index in [9.17, 15) is 8.42 Å². The highest BCUT2D eigenvalue weighted by atomic mass is 35.5. The van der Waals surface area contributed by atoms with Gasteiger partial charge in [0, 0.05) is 12.6 Å². The third kappa shape index (κ3) is 3.03. The number of sulfonamides is 1. The quantitative estimate of drug-likeness (QED) is 0.924. The molecule has 1 aromatic carbocycles. The fraction of sp³-hybridized carbons (Fsp3) is 0.500. The molecule has 18 heavy (non-hydrogen) atoms. The summed E-state index contributed by atoms with van der Waals surface area (Å²) < 4.78 is 32.4. The smallest absolute Gasteiger partial charge is 0.242 e. The molecule has 0 unspecified atom stereocenters. The van der Waals surface area contributed by atoms with Crippen LogP contribution >= 0.6 is 11.6 Å². The predicted octanol–water partition coefficient (Wildman–Crippen LogP) is 2.19. The van der Waals surface area contributed by atoms with Crippen molar-refractivity contribution in [2.24, 2.45) is 0 Å². The van der Waals surface area contributed by atoms with Crippen LogP contribution < -0.4 is 4.72 Å². The van der Waals surface area contributed by atoms with Crippen LogP contribution in [-0.2, 0) is 14.8 Å². The summed E-state index contributed by atoms with van der Waals surface area (Å²) in [5.74, 6) is 0. The summed E-state index contributed by atoms with van der Waals surface area (Å²) in [6, 6.07) is 6.15. The van der Waals surface area contributed by atoms with Gasteiger partial charge >= 0.3 is 0 Å². The van der Waals surface area contributed by atoms with E-state index in [1.807, 2.05) is 6.92 Å². The van der Waals surface area contributed by atoms with E-state index in [4.69, 9.17) is 16.3 Å². The zero-order valence-corrected chi connectivity index (χ0v) is 11.7. The molecule has 1 N–H and O–H groups in total. The molecule has 1 saturated heterocycles. The minimum atomic E-state index is -3.59. The van der Waals surface area contributed by atoms with Gasteiger partial charge in [0.1, 0.15) is 4.90 Å². The lowest BCUT2D eigenvalue weighted by molar-refractivity contribution is 0.0902. The van der Waals surface area contributed by atoms with E-state index in [0.717, 1.165) is 12.8 Å². The van der Waals surface area contributed by atoms with Crippen molar-refractivity contribution in [1.29, 1.82) is 0 Å². The van der Waals surface area contributed by atoms with Crippen LogP contribution in [0.4, 0.5) is 0 Å². The second kappa shape index (κ2) is 5.57. The summed E-state index contributed by atoms with van der Waals surface area (Å²) in [7, 11) is -3.59. The van der Waals surface area contributed by atoms with Crippen LogP contribution in [0.15, 0.2) is 29.2 Å². The van der Waals surface area contributed by atoms with Gasteiger partial charge < -0.3 is 4.74 Å². The fourth-order valence-corrected chi connectivity index (χ4v) is 3.83. The minimum Gasteiger partial charge on any atom is -0.377 e. The molecule has 1 fully saturated rings. The average Bonchev–Trinajstić information content (AvgIpc) is 2.82. The number of ether oxygens (including phenoxy) is 1. The van der Waals surface area contributed by atoms with Crippen molar-refractivity contribution in [1.82, 2.24) is 4.72 Å². The molecule has 0 bridgehead atoms. The number of halogens is 1. The van der Waals surface area contributed by atoms with Crippen LogP contribution in [0.2, 0.25) is 5.02 Å². The predicted molar refractivity (Wildman–Crippen MR) is 70.2 cm³/mol. The molecule has 2 rings (SSSR count). The summed E-state index contributed by atoms with van der Waals surface area (Å²) in [5.41, 5.74) is 0. The van der Waals surface area contributed by atoms with Crippen LogP contribution in [-0.4, -0.2) is 27.2 Å². The molecule has 6 heteroatoms. The Hall–Kier alpha value is -0.620. The normalized spacial score (nSPS) is 22.0. The van der Waals surface area contributed by atoms with Crippen molar-refractivity contribution in [3.05, 3.63) is 29.3 Å². The standard InChI is InChI=1S/C12H16ClNO3S/c1-9(11-6-4-8-17-11)14-18(15,16)12-7-3-2-5-10(12)13/h2-3,5,7,9,11,14H,4,6,8H2,1H3/t9-,11+/m0/s1. The number of hydrogen-bond donors (Lipinski definition) is 1. The highest BCUT2D eigenvalue weighted by Gasteiger charge is 2.27. The first-order chi connectivity index (χ1) is 8.50. The van der Waals surface area contributed by atoms with Gasteiger partial charge in [-0.2, -0.15) is 0 Å². The molecule has 0 aliphatic carbocycles. The molecule has 1 aromatic rings. The Labute approximate surface area is 112 Å². The summed E-state index contributed by atoms with van der Waals surface area (Å²) >= 11 is 5.90. The Morgan fingerprint density at radius 1 is 1.44 bits per heavy atom. The largest absolute Gasteiger partial charge is 0.377 e. The Morgan fingerprint density at radius 2 is 2.17 bits per heavy atom. The van der Waals surface area contributed by atoms with Gasteiger partial charge in [0.25, 0.3) is 0 Å². The first-order valence-corrected chi connectivity index (χ1v) is 7.75. The van der Waals surface area contributed by atoms with E-state index in [2.05, 4.69) is 4.72 Å². The molecule has 0 radical (unpaired) electrons. The van der Waals surface area contributed by atoms with Gasteiger partial charge in [-0.05, 0) is 31.9 Å². The SMILES string of the molecule is C[C@H](NS(=O)(=O)c1ccccc1Cl)[C@H]1CCCO1. The lowest BCUT2D eigenvalue weighted by Crippen LogP contribution is -2.40. The van der Waals surface area contributed by atoms with Gasteiger partial charge in [-0.1, -0.05) is 23.7 Å². The number of nitrogens with one attached hydrogen (secondary N) is 1. The number of rotatable bonds is 4. The molecule has 4 nitrogen and oxygen atoms in total. The maximum absolute atomic E-state index is 12.2. The Morgan fingerprint density at radius 3 is 2.78 bits per heavy atom. The topological polar surface area (TPSA) is 55.4 Å². The molecule has 2 atom stereocenters. The van der Waals surface area contributed by atoms with Gasteiger partial charge in [0.15, 0.2) is 0 Å². The van der Waals surface area contributed by atoms with Crippen molar-refractivity contribution in [3.63, 3.8) is 0 Å². The zero-order valence-electron chi connectivity index (χ0n) is 10.1. The number of benzene rings is 1. The molecule has 100 valence electrons. The van der Waals surface area contributed by atoms with Crippen LogP contribution in [0, 0.1) is 0 Å². The van der Waals surface area contributed by atoms with Gasteiger partial charge in [0.05, 0.1) is 11.1 Å². The van der Waals surface area contributed by atoms with E-state index in [-0.39, 0.29) is 22.1 Å².